The molecule has 2 aliphatic heterocycles. The van der Waals surface area contributed by atoms with Crippen molar-refractivity contribution in [3.8, 4) is 0 Å². The van der Waals surface area contributed by atoms with Gasteiger partial charge in [0.05, 0.1) is 30.3 Å². The van der Waals surface area contributed by atoms with Crippen molar-refractivity contribution in [1.82, 2.24) is 15.1 Å². The fraction of sp³-hybridized carbons (Fsp3) is 0.273. The van der Waals surface area contributed by atoms with Gasteiger partial charge in [-0.05, 0) is 31.5 Å². The summed E-state index contributed by atoms with van der Waals surface area (Å²) in [6.07, 6.45) is -1.28. The molecule has 0 saturated carbocycles. The van der Waals surface area contributed by atoms with Gasteiger partial charge in [-0.25, -0.2) is 4.79 Å². The van der Waals surface area contributed by atoms with E-state index in [9.17, 15) is 24.3 Å². The first kappa shape index (κ1) is 19.8. The molecule has 2 aliphatic rings. The Labute approximate surface area is 173 Å². The van der Waals surface area contributed by atoms with E-state index in [1.54, 1.807) is 43.3 Å². The van der Waals surface area contributed by atoms with Crippen LogP contribution in [0.2, 0.25) is 0 Å². The first-order valence-electron chi connectivity index (χ1n) is 9.57. The van der Waals surface area contributed by atoms with Gasteiger partial charge in [0.25, 0.3) is 17.7 Å². The molecule has 1 saturated heterocycles. The fourth-order valence-electron chi connectivity index (χ4n) is 3.83. The van der Waals surface area contributed by atoms with Gasteiger partial charge in [0.1, 0.15) is 5.54 Å². The van der Waals surface area contributed by atoms with Crippen molar-refractivity contribution < 1.29 is 24.3 Å². The van der Waals surface area contributed by atoms with Crippen LogP contribution in [0.25, 0.3) is 0 Å². The van der Waals surface area contributed by atoms with Crippen LogP contribution in [0.5, 0.6) is 0 Å². The number of hydrogen-bond donors (Lipinski definition) is 2. The lowest BCUT2D eigenvalue weighted by molar-refractivity contribution is -0.132. The third-order valence-corrected chi connectivity index (χ3v) is 5.57. The number of aliphatic hydroxyl groups is 1. The van der Waals surface area contributed by atoms with Crippen LogP contribution in [0.4, 0.5) is 4.79 Å². The molecule has 0 unspecified atom stereocenters. The minimum absolute atomic E-state index is 0.275. The molecule has 2 atom stereocenters. The van der Waals surface area contributed by atoms with Crippen LogP contribution in [0, 0.1) is 6.92 Å². The predicted molar refractivity (Wildman–Crippen MR) is 107 cm³/mol. The monoisotopic (exact) mass is 407 g/mol. The maximum atomic E-state index is 13.0. The minimum atomic E-state index is -1.28. The summed E-state index contributed by atoms with van der Waals surface area (Å²) in [5.41, 5.74) is 0.949. The number of nitrogens with zero attached hydrogens (tertiary/aromatic N) is 2. The van der Waals surface area contributed by atoms with E-state index >= 15 is 0 Å². The second kappa shape index (κ2) is 7.07. The molecule has 0 aliphatic carbocycles. The van der Waals surface area contributed by atoms with Crippen LogP contribution in [0.15, 0.2) is 48.5 Å². The largest absolute Gasteiger partial charge is 0.389 e. The second-order valence-corrected chi connectivity index (χ2v) is 7.76. The van der Waals surface area contributed by atoms with Gasteiger partial charge in [0, 0.05) is 0 Å². The number of benzene rings is 2. The summed E-state index contributed by atoms with van der Waals surface area (Å²) in [6, 6.07) is 13.0. The van der Waals surface area contributed by atoms with Gasteiger partial charge in [-0.3, -0.25) is 24.2 Å². The van der Waals surface area contributed by atoms with E-state index in [0.717, 1.165) is 15.4 Å². The number of carbonyl (C=O) groups is 4. The molecule has 2 aromatic rings. The Morgan fingerprint density at radius 3 is 2.00 bits per heavy atom. The number of aliphatic hydroxyl groups excluding tert-OH is 1. The lowest BCUT2D eigenvalue weighted by atomic mass is 9.91. The zero-order valence-electron chi connectivity index (χ0n) is 16.6. The number of rotatable bonds is 5. The first-order valence-corrected chi connectivity index (χ1v) is 9.57. The smallest absolute Gasteiger partial charge is 0.325 e. The molecular formula is C22H21N3O5. The highest BCUT2D eigenvalue weighted by Gasteiger charge is 2.49. The molecule has 154 valence electrons. The van der Waals surface area contributed by atoms with E-state index < -0.39 is 35.4 Å². The zero-order valence-corrected chi connectivity index (χ0v) is 16.6. The second-order valence-electron chi connectivity index (χ2n) is 7.76. The molecule has 2 heterocycles. The average molecular weight is 407 g/mol. The summed E-state index contributed by atoms with van der Waals surface area (Å²) < 4.78 is 0. The molecule has 0 bridgehead atoms. The van der Waals surface area contributed by atoms with Gasteiger partial charge in [0.2, 0.25) is 0 Å². The van der Waals surface area contributed by atoms with E-state index in [1.807, 2.05) is 19.1 Å². The molecule has 4 rings (SSSR count). The van der Waals surface area contributed by atoms with Gasteiger partial charge in [-0.15, -0.1) is 0 Å². The van der Waals surface area contributed by atoms with E-state index in [4.69, 9.17) is 0 Å². The van der Waals surface area contributed by atoms with Gasteiger partial charge in [-0.2, -0.15) is 0 Å². The van der Waals surface area contributed by atoms with Crippen LogP contribution >= 0.6 is 0 Å². The number of amides is 5. The molecule has 0 aromatic heterocycles. The maximum Gasteiger partial charge on any atom is 0.325 e. The minimum Gasteiger partial charge on any atom is -0.389 e. The number of urea groups is 1. The third-order valence-electron chi connectivity index (χ3n) is 5.57. The van der Waals surface area contributed by atoms with Gasteiger partial charge in [0.15, 0.2) is 0 Å². The topological polar surface area (TPSA) is 107 Å². The van der Waals surface area contributed by atoms with Crippen molar-refractivity contribution in [1.29, 1.82) is 0 Å². The summed E-state index contributed by atoms with van der Waals surface area (Å²) >= 11 is 0. The molecular weight excluding hydrogens is 386 g/mol. The third kappa shape index (κ3) is 3.05. The quantitative estimate of drug-likeness (QED) is 0.576. The number of β-amino-alcohol motifs (C(OH)–C–C–N with tert-alkyl or cyclic N) is 1. The molecule has 8 nitrogen and oxygen atoms in total. The average Bonchev–Trinajstić information content (AvgIpc) is 3.09. The molecule has 8 heteroatoms. The molecule has 0 spiro atoms. The lowest BCUT2D eigenvalue weighted by Crippen LogP contribution is -2.45. The Morgan fingerprint density at radius 1 is 0.900 bits per heavy atom. The van der Waals surface area contributed by atoms with Crippen molar-refractivity contribution in [3.05, 3.63) is 70.8 Å². The van der Waals surface area contributed by atoms with E-state index in [1.165, 1.54) is 0 Å². The van der Waals surface area contributed by atoms with Crippen molar-refractivity contribution in [2.45, 2.75) is 25.5 Å². The maximum absolute atomic E-state index is 13.0. The number of imide groups is 2. The normalized spacial score (nSPS) is 21.8. The number of carbonyl (C=O) groups excluding carboxylic acids is 4. The standard InChI is InChI=1S/C22H21N3O5/c1-13-7-9-14(10-8-13)22(2)20(29)25(21(30)23-22)12-15(26)11-24-18(27)16-5-3-4-6-17(16)19(24)28/h3-10,15,26H,11-12H2,1-2H3,(H,23,30)/t15-,22+/m0/s1. The Kier molecular flexibility index (Phi) is 4.66. The number of hydrogen-bond acceptors (Lipinski definition) is 5. The number of nitrogens with one attached hydrogen (secondary N) is 1. The predicted octanol–water partition coefficient (Wildman–Crippen LogP) is 1.42. The van der Waals surface area contributed by atoms with Crippen LogP contribution < -0.4 is 5.32 Å². The number of fused-ring (bicyclic) bond motifs is 1. The first-order chi connectivity index (χ1) is 14.2. The van der Waals surface area contributed by atoms with Crippen molar-refractivity contribution in [3.63, 3.8) is 0 Å². The Balaban J connectivity index is 1.47. The Morgan fingerprint density at radius 2 is 1.43 bits per heavy atom. The highest BCUT2D eigenvalue weighted by Crippen LogP contribution is 2.29. The molecule has 2 N–H and O–H groups in total. The summed E-state index contributed by atoms with van der Waals surface area (Å²) in [5.74, 6) is -1.51. The number of aryl methyl sites for hydroxylation is 1. The molecule has 2 aromatic carbocycles. The highest BCUT2D eigenvalue weighted by molar-refractivity contribution is 6.21. The van der Waals surface area contributed by atoms with Gasteiger partial charge >= 0.3 is 6.03 Å². The van der Waals surface area contributed by atoms with Crippen molar-refractivity contribution >= 4 is 23.8 Å². The van der Waals surface area contributed by atoms with Gasteiger partial charge in [-0.1, -0.05) is 42.0 Å². The van der Waals surface area contributed by atoms with Crippen molar-refractivity contribution in [2.24, 2.45) is 0 Å². The van der Waals surface area contributed by atoms with E-state index in [-0.39, 0.29) is 24.2 Å². The summed E-state index contributed by atoms with van der Waals surface area (Å²) in [4.78, 5) is 52.2. The summed E-state index contributed by atoms with van der Waals surface area (Å²) in [6.45, 7) is 2.88. The van der Waals surface area contributed by atoms with Gasteiger partial charge < -0.3 is 10.4 Å². The van der Waals surface area contributed by atoms with E-state index in [2.05, 4.69) is 5.32 Å². The van der Waals surface area contributed by atoms with Crippen molar-refractivity contribution in [2.75, 3.05) is 13.1 Å². The SMILES string of the molecule is Cc1ccc([C@@]2(C)NC(=O)N(C[C@@H](O)CN3C(=O)c4ccccc4C3=O)C2=O)cc1. The van der Waals surface area contributed by atoms with Crippen LogP contribution in [-0.2, 0) is 10.3 Å². The molecule has 30 heavy (non-hydrogen) atoms. The van der Waals surface area contributed by atoms with Crippen LogP contribution in [-0.4, -0.2) is 57.9 Å². The Bertz CT molecular complexity index is 1030. The Hall–Kier alpha value is -3.52. The zero-order chi connectivity index (χ0) is 21.6. The highest BCUT2D eigenvalue weighted by atomic mass is 16.3. The molecule has 1 fully saturated rings. The summed E-state index contributed by atoms with van der Waals surface area (Å²) in [7, 11) is 0. The van der Waals surface area contributed by atoms with E-state index in [0.29, 0.717) is 5.56 Å². The van der Waals surface area contributed by atoms with Crippen LogP contribution in [0.3, 0.4) is 0 Å². The fourth-order valence-corrected chi connectivity index (χ4v) is 3.83. The lowest BCUT2D eigenvalue weighted by Gasteiger charge is -2.24. The van der Waals surface area contributed by atoms with Crippen LogP contribution in [0.1, 0.15) is 38.8 Å². The summed E-state index contributed by atoms with van der Waals surface area (Å²) in [5, 5.41) is 13.2. The molecule has 5 amide bonds. The molecule has 0 radical (unpaired) electrons.